The number of aliphatic hydroxyl groups is 4. The minimum absolute atomic E-state index is 0.433. The van der Waals surface area contributed by atoms with E-state index in [-0.39, 0.29) is 0 Å². The maximum atomic E-state index is 11.2. The van der Waals surface area contributed by atoms with Gasteiger partial charge in [-0.3, -0.25) is 0 Å². The number of amides is 1. The number of carbonyl (C=O) groups excluding carboxylic acids is 1. The molecule has 0 aromatic carbocycles. The molecule has 20 heavy (non-hydrogen) atoms. The zero-order valence-corrected chi connectivity index (χ0v) is 11.5. The van der Waals surface area contributed by atoms with Gasteiger partial charge >= 0.3 is 6.09 Å². The maximum absolute atomic E-state index is 11.2. The lowest BCUT2D eigenvalue weighted by Crippen LogP contribution is -2.61. The van der Waals surface area contributed by atoms with Crippen molar-refractivity contribution in [3.63, 3.8) is 0 Å². The molecule has 0 saturated carbocycles. The van der Waals surface area contributed by atoms with E-state index in [1.54, 1.807) is 0 Å². The zero-order valence-electron chi connectivity index (χ0n) is 11.5. The Morgan fingerprint density at radius 3 is 2.35 bits per heavy atom. The minimum atomic E-state index is -1.54. The molecule has 118 valence electrons. The van der Waals surface area contributed by atoms with Gasteiger partial charge in [0.25, 0.3) is 0 Å². The monoisotopic (exact) mass is 295 g/mol. The Bertz CT molecular complexity index is 324. The van der Waals surface area contributed by atoms with E-state index < -0.39 is 49.5 Å². The van der Waals surface area contributed by atoms with Crippen LogP contribution < -0.4 is 0 Å². The van der Waals surface area contributed by atoms with Crippen molar-refractivity contribution in [1.29, 1.82) is 0 Å². The molecule has 9 nitrogen and oxygen atoms in total. The summed E-state index contributed by atoms with van der Waals surface area (Å²) >= 11 is 0. The number of rotatable bonds is 4. The largest absolute Gasteiger partial charge is 0.447 e. The number of nitrogens with zero attached hydrogens (tertiary/aromatic N) is 1. The molecule has 1 heterocycles. The second-order valence-corrected chi connectivity index (χ2v) is 4.72. The van der Waals surface area contributed by atoms with Gasteiger partial charge in [0.15, 0.2) is 6.29 Å². The van der Waals surface area contributed by atoms with Crippen LogP contribution in [0.1, 0.15) is 0 Å². The fourth-order valence-electron chi connectivity index (χ4n) is 1.77. The Balaban J connectivity index is 2.62. The first kappa shape index (κ1) is 17.1. The summed E-state index contributed by atoms with van der Waals surface area (Å²) < 4.78 is 14.7. The van der Waals surface area contributed by atoms with Crippen molar-refractivity contribution in [2.24, 2.45) is 0 Å². The third-order valence-corrected chi connectivity index (χ3v) is 2.96. The molecule has 1 aliphatic rings. The Morgan fingerprint density at radius 2 is 1.85 bits per heavy atom. The second-order valence-electron chi connectivity index (χ2n) is 4.72. The Kier molecular flexibility index (Phi) is 6.11. The molecule has 1 amide bonds. The van der Waals surface area contributed by atoms with Crippen LogP contribution in [0.15, 0.2) is 0 Å². The standard InChI is InChI=1S/C11H21NO8/c1-12(2)11(17)19-4-5(13)9-7(15)6(14)8(16)10(18-3)20-9/h5-10,13-16H,4H2,1-3H3/t5-,6-,7-,8-,9+,10-/m0/s1. The summed E-state index contributed by atoms with van der Waals surface area (Å²) in [4.78, 5) is 12.4. The summed E-state index contributed by atoms with van der Waals surface area (Å²) in [6.45, 7) is -0.433. The lowest BCUT2D eigenvalue weighted by molar-refractivity contribution is -0.305. The smallest absolute Gasteiger partial charge is 0.409 e. The molecule has 1 saturated heterocycles. The third kappa shape index (κ3) is 3.78. The number of hydrogen-bond acceptors (Lipinski definition) is 8. The molecule has 6 atom stereocenters. The van der Waals surface area contributed by atoms with E-state index >= 15 is 0 Å². The van der Waals surface area contributed by atoms with E-state index in [4.69, 9.17) is 14.2 Å². The molecule has 0 aromatic rings. The van der Waals surface area contributed by atoms with E-state index in [1.807, 2.05) is 0 Å². The van der Waals surface area contributed by atoms with Gasteiger partial charge in [-0.05, 0) is 0 Å². The predicted molar refractivity (Wildman–Crippen MR) is 64.7 cm³/mol. The van der Waals surface area contributed by atoms with Crippen molar-refractivity contribution in [2.45, 2.75) is 36.8 Å². The van der Waals surface area contributed by atoms with Crippen LogP contribution in [-0.2, 0) is 14.2 Å². The first-order valence-corrected chi connectivity index (χ1v) is 6.04. The number of ether oxygens (including phenoxy) is 3. The highest BCUT2D eigenvalue weighted by atomic mass is 16.7. The van der Waals surface area contributed by atoms with Crippen LogP contribution in [0.25, 0.3) is 0 Å². The molecule has 1 aliphatic heterocycles. The van der Waals surface area contributed by atoms with Gasteiger partial charge in [0.1, 0.15) is 37.1 Å². The van der Waals surface area contributed by atoms with Crippen molar-refractivity contribution in [3.8, 4) is 0 Å². The highest BCUT2D eigenvalue weighted by molar-refractivity contribution is 5.66. The van der Waals surface area contributed by atoms with E-state index in [1.165, 1.54) is 26.1 Å². The van der Waals surface area contributed by atoms with Gasteiger partial charge in [0, 0.05) is 21.2 Å². The first-order valence-electron chi connectivity index (χ1n) is 6.04. The Morgan fingerprint density at radius 1 is 1.25 bits per heavy atom. The summed E-state index contributed by atoms with van der Waals surface area (Å²) in [7, 11) is 4.19. The lowest BCUT2D eigenvalue weighted by atomic mass is 9.95. The van der Waals surface area contributed by atoms with Gasteiger partial charge in [-0.2, -0.15) is 0 Å². The fraction of sp³-hybridized carbons (Fsp3) is 0.909. The number of carbonyl (C=O) groups is 1. The number of aliphatic hydroxyl groups excluding tert-OH is 4. The van der Waals surface area contributed by atoms with Crippen molar-refractivity contribution in [3.05, 3.63) is 0 Å². The molecule has 4 N–H and O–H groups in total. The van der Waals surface area contributed by atoms with Crippen LogP contribution in [0.3, 0.4) is 0 Å². The van der Waals surface area contributed by atoms with Crippen molar-refractivity contribution in [1.82, 2.24) is 4.90 Å². The molecule has 1 rings (SSSR count). The van der Waals surface area contributed by atoms with Gasteiger partial charge in [-0.15, -0.1) is 0 Å². The summed E-state index contributed by atoms with van der Waals surface area (Å²) in [6, 6.07) is 0. The van der Waals surface area contributed by atoms with Gasteiger partial charge in [-0.1, -0.05) is 0 Å². The summed E-state index contributed by atoms with van der Waals surface area (Å²) in [6.07, 6.45) is -9.03. The van der Waals surface area contributed by atoms with Crippen LogP contribution in [0.2, 0.25) is 0 Å². The van der Waals surface area contributed by atoms with E-state index in [0.29, 0.717) is 0 Å². The quantitative estimate of drug-likeness (QED) is 0.448. The first-order chi connectivity index (χ1) is 9.29. The molecule has 0 aliphatic carbocycles. The highest BCUT2D eigenvalue weighted by Crippen LogP contribution is 2.24. The third-order valence-electron chi connectivity index (χ3n) is 2.96. The summed E-state index contributed by atoms with van der Waals surface area (Å²) in [5.74, 6) is 0. The van der Waals surface area contributed by atoms with E-state index in [0.717, 1.165) is 0 Å². The van der Waals surface area contributed by atoms with Crippen LogP contribution in [0.5, 0.6) is 0 Å². The molecule has 0 spiro atoms. The average Bonchev–Trinajstić information content (AvgIpc) is 2.42. The highest BCUT2D eigenvalue weighted by Gasteiger charge is 2.46. The van der Waals surface area contributed by atoms with Crippen LogP contribution >= 0.6 is 0 Å². The van der Waals surface area contributed by atoms with Gasteiger partial charge in [0.05, 0.1) is 0 Å². The van der Waals surface area contributed by atoms with E-state index in [2.05, 4.69) is 0 Å². The normalized spacial score (nSPS) is 35.5. The number of methoxy groups -OCH3 is 1. The van der Waals surface area contributed by atoms with Crippen LogP contribution in [0, 0.1) is 0 Å². The predicted octanol–water partition coefficient (Wildman–Crippen LogP) is -2.50. The molecule has 1 fully saturated rings. The van der Waals surface area contributed by atoms with Crippen LogP contribution in [0.4, 0.5) is 4.79 Å². The maximum Gasteiger partial charge on any atom is 0.409 e. The Labute approximate surface area is 116 Å². The number of hydrogen-bond donors (Lipinski definition) is 4. The molecular formula is C11H21NO8. The zero-order chi connectivity index (χ0) is 15.4. The van der Waals surface area contributed by atoms with Crippen molar-refractivity contribution in [2.75, 3.05) is 27.8 Å². The fourth-order valence-corrected chi connectivity index (χ4v) is 1.77. The van der Waals surface area contributed by atoms with E-state index in [9.17, 15) is 25.2 Å². The minimum Gasteiger partial charge on any atom is -0.447 e. The van der Waals surface area contributed by atoms with Gasteiger partial charge in [0.2, 0.25) is 0 Å². The topological polar surface area (TPSA) is 129 Å². The van der Waals surface area contributed by atoms with Crippen molar-refractivity contribution >= 4 is 6.09 Å². The van der Waals surface area contributed by atoms with Gasteiger partial charge < -0.3 is 39.5 Å². The molecule has 0 bridgehead atoms. The average molecular weight is 295 g/mol. The van der Waals surface area contributed by atoms with Crippen molar-refractivity contribution < 1.29 is 39.4 Å². The molecule has 0 radical (unpaired) electrons. The Hall–Kier alpha value is -0.970. The summed E-state index contributed by atoms with van der Waals surface area (Å²) in [5.41, 5.74) is 0. The lowest BCUT2D eigenvalue weighted by Gasteiger charge is -2.41. The molecule has 0 unspecified atom stereocenters. The molecular weight excluding hydrogens is 274 g/mol. The molecule has 9 heteroatoms. The van der Waals surface area contributed by atoms with Crippen LogP contribution in [-0.4, -0.2) is 96.0 Å². The molecule has 0 aromatic heterocycles. The van der Waals surface area contributed by atoms with Gasteiger partial charge in [-0.25, -0.2) is 4.79 Å². The second kappa shape index (κ2) is 7.16. The summed E-state index contributed by atoms with van der Waals surface area (Å²) in [5, 5.41) is 38.8. The SMILES string of the molecule is CO[C@H]1O[C@H]([C@@H](O)COC(=O)N(C)C)[C@@H](O)[C@H](O)[C@@H]1O.